The second kappa shape index (κ2) is 8.40. The molecule has 0 radical (unpaired) electrons. The van der Waals surface area contributed by atoms with Crippen molar-refractivity contribution in [1.29, 1.82) is 0 Å². The van der Waals surface area contributed by atoms with Crippen molar-refractivity contribution in [1.82, 2.24) is 10.3 Å². The summed E-state index contributed by atoms with van der Waals surface area (Å²) in [6.07, 6.45) is 2.15. The monoisotopic (exact) mass is 376 g/mol. The number of para-hydroxylation sites is 1. The molecule has 4 rings (SSSR count). The third kappa shape index (κ3) is 4.31. The molecule has 1 saturated heterocycles. The van der Waals surface area contributed by atoms with Gasteiger partial charge in [0.2, 0.25) is 5.88 Å². The first-order valence-corrected chi connectivity index (χ1v) is 9.67. The fourth-order valence-electron chi connectivity index (χ4n) is 3.36. The van der Waals surface area contributed by atoms with Crippen LogP contribution in [0, 0.1) is 6.92 Å². The Hall–Kier alpha value is -2.92. The molecule has 1 aliphatic heterocycles. The van der Waals surface area contributed by atoms with Crippen molar-refractivity contribution in [2.24, 2.45) is 0 Å². The van der Waals surface area contributed by atoms with Gasteiger partial charge in [-0.05, 0) is 31.4 Å². The van der Waals surface area contributed by atoms with Gasteiger partial charge in [-0.3, -0.25) is 4.79 Å². The molecule has 0 spiro atoms. The van der Waals surface area contributed by atoms with E-state index in [1.807, 2.05) is 36.4 Å². The highest BCUT2D eigenvalue weighted by Gasteiger charge is 2.18. The van der Waals surface area contributed by atoms with Gasteiger partial charge in [0.15, 0.2) is 0 Å². The van der Waals surface area contributed by atoms with Gasteiger partial charge in [0.25, 0.3) is 5.91 Å². The van der Waals surface area contributed by atoms with Crippen LogP contribution in [0.3, 0.4) is 0 Å². The number of aromatic nitrogens is 1. The first-order valence-electron chi connectivity index (χ1n) is 9.67. The maximum Gasteiger partial charge on any atom is 0.252 e. The van der Waals surface area contributed by atoms with Gasteiger partial charge in [0.05, 0.1) is 17.2 Å². The Balaban J connectivity index is 1.54. The summed E-state index contributed by atoms with van der Waals surface area (Å²) in [4.78, 5) is 17.4. The van der Waals surface area contributed by atoms with Crippen molar-refractivity contribution in [2.75, 3.05) is 13.2 Å². The van der Waals surface area contributed by atoms with E-state index in [-0.39, 0.29) is 12.0 Å². The number of nitrogens with zero attached hydrogens (tertiary/aromatic N) is 1. The second-order valence-corrected chi connectivity index (χ2v) is 7.14. The zero-order valence-corrected chi connectivity index (χ0v) is 16.0. The Labute approximate surface area is 164 Å². The normalized spacial score (nSPS) is 16.2. The van der Waals surface area contributed by atoms with Crippen LogP contribution in [0.15, 0.2) is 54.6 Å². The van der Waals surface area contributed by atoms with Crippen LogP contribution in [0.25, 0.3) is 10.9 Å². The molecule has 1 N–H and O–H groups in total. The fourth-order valence-corrected chi connectivity index (χ4v) is 3.36. The molecule has 144 valence electrons. The van der Waals surface area contributed by atoms with Gasteiger partial charge in [0, 0.05) is 24.6 Å². The van der Waals surface area contributed by atoms with Crippen molar-refractivity contribution in [3.05, 3.63) is 71.3 Å². The minimum absolute atomic E-state index is 0.106. The topological polar surface area (TPSA) is 60.5 Å². The van der Waals surface area contributed by atoms with E-state index in [0.717, 1.165) is 35.9 Å². The van der Waals surface area contributed by atoms with E-state index in [0.29, 0.717) is 24.6 Å². The van der Waals surface area contributed by atoms with Crippen molar-refractivity contribution in [3.63, 3.8) is 0 Å². The zero-order valence-electron chi connectivity index (χ0n) is 16.0. The van der Waals surface area contributed by atoms with Crippen LogP contribution in [0.2, 0.25) is 0 Å². The summed E-state index contributed by atoms with van der Waals surface area (Å²) < 4.78 is 11.5. The highest BCUT2D eigenvalue weighted by Crippen LogP contribution is 2.23. The van der Waals surface area contributed by atoms with Gasteiger partial charge in [-0.2, -0.15) is 0 Å². The summed E-state index contributed by atoms with van der Waals surface area (Å²) >= 11 is 0. The van der Waals surface area contributed by atoms with Crippen LogP contribution in [-0.4, -0.2) is 30.1 Å². The number of benzene rings is 2. The number of hydrogen-bond donors (Lipinski definition) is 1. The third-order valence-electron chi connectivity index (χ3n) is 4.96. The predicted octanol–water partition coefficient (Wildman–Crippen LogP) is 4.03. The van der Waals surface area contributed by atoms with E-state index in [1.165, 1.54) is 5.56 Å². The average Bonchev–Trinajstić information content (AvgIpc) is 3.24. The van der Waals surface area contributed by atoms with Gasteiger partial charge >= 0.3 is 0 Å². The fraction of sp³-hybridized carbons (Fsp3) is 0.304. The lowest BCUT2D eigenvalue weighted by molar-refractivity contribution is 0.0858. The van der Waals surface area contributed by atoms with Crippen molar-refractivity contribution >= 4 is 16.8 Å². The number of nitrogens with one attached hydrogen (secondary N) is 1. The molecule has 2 heterocycles. The van der Waals surface area contributed by atoms with Crippen LogP contribution in [0.4, 0.5) is 0 Å². The lowest BCUT2D eigenvalue weighted by Gasteiger charge is -2.13. The summed E-state index contributed by atoms with van der Waals surface area (Å²) in [7, 11) is 0. The summed E-state index contributed by atoms with van der Waals surface area (Å²) in [5.41, 5.74) is 3.58. The van der Waals surface area contributed by atoms with Gasteiger partial charge < -0.3 is 14.8 Å². The van der Waals surface area contributed by atoms with E-state index >= 15 is 0 Å². The molecule has 1 amide bonds. The highest BCUT2D eigenvalue weighted by atomic mass is 16.5. The highest BCUT2D eigenvalue weighted by molar-refractivity contribution is 6.06. The van der Waals surface area contributed by atoms with E-state index in [4.69, 9.17) is 9.47 Å². The number of hydrogen-bond acceptors (Lipinski definition) is 4. The van der Waals surface area contributed by atoms with Gasteiger partial charge in [0.1, 0.15) is 6.61 Å². The third-order valence-corrected chi connectivity index (χ3v) is 4.96. The van der Waals surface area contributed by atoms with Crippen LogP contribution in [-0.2, 0) is 11.3 Å². The van der Waals surface area contributed by atoms with Crippen LogP contribution in [0.1, 0.15) is 34.3 Å². The number of rotatable bonds is 6. The second-order valence-electron chi connectivity index (χ2n) is 7.14. The summed E-state index contributed by atoms with van der Waals surface area (Å²) in [5, 5.41) is 3.81. The molecular weight excluding hydrogens is 352 g/mol. The lowest BCUT2D eigenvalue weighted by atomic mass is 10.1. The predicted molar refractivity (Wildman–Crippen MR) is 109 cm³/mol. The van der Waals surface area contributed by atoms with Crippen molar-refractivity contribution in [2.45, 2.75) is 32.5 Å². The van der Waals surface area contributed by atoms with E-state index in [1.54, 1.807) is 6.07 Å². The Morgan fingerprint density at radius 3 is 2.82 bits per heavy atom. The standard InChI is InChI=1S/C23H24N2O3/c1-16-8-10-17(11-9-16)15-28-22-13-20(19-6-2-3-7-21(19)25-22)23(26)24-14-18-5-4-12-27-18/h2-3,6-11,13,18H,4-5,12,14-15H2,1H3,(H,24,26)/t18-/m0/s1. The number of ether oxygens (including phenoxy) is 2. The molecule has 1 atom stereocenters. The molecule has 1 aromatic heterocycles. The van der Waals surface area contributed by atoms with Crippen LogP contribution < -0.4 is 10.1 Å². The number of carbonyl (C=O) groups is 1. The average molecular weight is 376 g/mol. The molecule has 1 aliphatic rings. The zero-order chi connectivity index (χ0) is 19.3. The first kappa shape index (κ1) is 18.4. The van der Waals surface area contributed by atoms with Crippen LogP contribution >= 0.6 is 0 Å². The molecule has 0 aliphatic carbocycles. The number of carbonyl (C=O) groups excluding carboxylic acids is 1. The molecule has 2 aromatic carbocycles. The Kier molecular flexibility index (Phi) is 5.53. The molecule has 5 nitrogen and oxygen atoms in total. The van der Waals surface area contributed by atoms with Gasteiger partial charge in [-0.25, -0.2) is 4.98 Å². The quantitative estimate of drug-likeness (QED) is 0.706. The summed E-state index contributed by atoms with van der Waals surface area (Å²) in [5.74, 6) is 0.316. The molecule has 0 unspecified atom stereocenters. The Morgan fingerprint density at radius 1 is 1.21 bits per heavy atom. The van der Waals surface area contributed by atoms with Gasteiger partial charge in [-0.1, -0.05) is 48.0 Å². The molecule has 0 bridgehead atoms. The first-order chi connectivity index (χ1) is 13.7. The minimum Gasteiger partial charge on any atom is -0.473 e. The largest absolute Gasteiger partial charge is 0.473 e. The van der Waals surface area contributed by atoms with E-state index < -0.39 is 0 Å². The molecule has 5 heteroatoms. The lowest BCUT2D eigenvalue weighted by Crippen LogP contribution is -2.31. The van der Waals surface area contributed by atoms with E-state index in [2.05, 4.69) is 29.4 Å². The van der Waals surface area contributed by atoms with Crippen molar-refractivity contribution in [3.8, 4) is 5.88 Å². The maximum atomic E-state index is 12.8. The SMILES string of the molecule is Cc1ccc(COc2cc(C(=O)NC[C@@H]3CCCO3)c3ccccc3n2)cc1. The molecule has 28 heavy (non-hydrogen) atoms. The Morgan fingerprint density at radius 2 is 2.04 bits per heavy atom. The molecule has 1 fully saturated rings. The van der Waals surface area contributed by atoms with Crippen molar-refractivity contribution < 1.29 is 14.3 Å². The van der Waals surface area contributed by atoms with Gasteiger partial charge in [-0.15, -0.1) is 0 Å². The minimum atomic E-state index is -0.130. The molecule has 0 saturated carbocycles. The number of aryl methyl sites for hydroxylation is 1. The van der Waals surface area contributed by atoms with Crippen LogP contribution in [0.5, 0.6) is 5.88 Å². The number of fused-ring (bicyclic) bond motifs is 1. The number of amides is 1. The molecule has 3 aromatic rings. The maximum absolute atomic E-state index is 12.8. The summed E-state index contributed by atoms with van der Waals surface area (Å²) in [6, 6.07) is 17.5. The number of pyridine rings is 1. The van der Waals surface area contributed by atoms with E-state index in [9.17, 15) is 4.79 Å². The molecular formula is C23H24N2O3. The Bertz CT molecular complexity index is 963. The smallest absolute Gasteiger partial charge is 0.252 e. The summed E-state index contributed by atoms with van der Waals surface area (Å²) in [6.45, 7) is 3.75.